The molecule has 0 aromatic carbocycles. The molecule has 0 spiro atoms. The number of aliphatic hydroxyl groups excluding tert-OH is 1. The molecule has 0 saturated carbocycles. The van der Waals surface area contributed by atoms with Crippen molar-refractivity contribution in [1.82, 2.24) is 9.78 Å². The highest BCUT2D eigenvalue weighted by molar-refractivity contribution is 5.22. The summed E-state index contributed by atoms with van der Waals surface area (Å²) >= 11 is 0. The molecule has 1 N–H and O–H groups in total. The van der Waals surface area contributed by atoms with Crippen LogP contribution in [0.3, 0.4) is 0 Å². The number of hydrogen-bond acceptors (Lipinski definition) is 3. The largest absolute Gasteiger partial charge is 0.481 e. The molecular formula is C8H14N2O2. The first-order valence-corrected chi connectivity index (χ1v) is 4.03. The lowest BCUT2D eigenvalue weighted by molar-refractivity contribution is 0.270. The first-order chi connectivity index (χ1) is 5.83. The molecule has 0 fully saturated rings. The van der Waals surface area contributed by atoms with Crippen LogP contribution in [0.15, 0.2) is 6.20 Å². The van der Waals surface area contributed by atoms with Crippen molar-refractivity contribution < 1.29 is 9.84 Å². The van der Waals surface area contributed by atoms with Crippen molar-refractivity contribution in [3.63, 3.8) is 0 Å². The van der Waals surface area contributed by atoms with Crippen molar-refractivity contribution in [3.05, 3.63) is 11.8 Å². The van der Waals surface area contributed by atoms with Gasteiger partial charge in [-0.15, -0.1) is 0 Å². The van der Waals surface area contributed by atoms with Gasteiger partial charge in [0, 0.05) is 6.54 Å². The zero-order chi connectivity index (χ0) is 8.97. The lowest BCUT2D eigenvalue weighted by Gasteiger charge is -2.05. The molecule has 0 atom stereocenters. The summed E-state index contributed by atoms with van der Waals surface area (Å²) in [6.07, 6.45) is 2.64. The zero-order valence-electron chi connectivity index (χ0n) is 7.45. The molecule has 0 radical (unpaired) electrons. The molecule has 0 aliphatic carbocycles. The topological polar surface area (TPSA) is 47.3 Å². The summed E-state index contributed by atoms with van der Waals surface area (Å²) in [5.41, 5.74) is 0.742. The van der Waals surface area contributed by atoms with Gasteiger partial charge in [-0.3, -0.25) is 0 Å². The summed E-state index contributed by atoms with van der Waals surface area (Å²) in [5, 5.41) is 13.0. The van der Waals surface area contributed by atoms with Gasteiger partial charge in [0.1, 0.15) is 0 Å². The van der Waals surface area contributed by atoms with Crippen LogP contribution in [0.1, 0.15) is 18.9 Å². The Balaban J connectivity index is 2.88. The van der Waals surface area contributed by atoms with Gasteiger partial charge < -0.3 is 9.84 Å². The number of aromatic nitrogens is 2. The minimum Gasteiger partial charge on any atom is -0.481 e. The Morgan fingerprint density at radius 1 is 1.67 bits per heavy atom. The second-order valence-electron chi connectivity index (χ2n) is 2.56. The second kappa shape index (κ2) is 4.11. The molecule has 0 aliphatic rings. The van der Waals surface area contributed by atoms with E-state index in [0.29, 0.717) is 5.88 Å². The number of methoxy groups -OCH3 is 1. The predicted molar refractivity (Wildman–Crippen MR) is 45.0 cm³/mol. The van der Waals surface area contributed by atoms with Crippen LogP contribution in [-0.2, 0) is 13.2 Å². The third-order valence-electron chi connectivity index (χ3n) is 1.66. The van der Waals surface area contributed by atoms with E-state index in [0.717, 1.165) is 18.5 Å². The molecule has 1 heterocycles. The third-order valence-corrected chi connectivity index (χ3v) is 1.66. The summed E-state index contributed by atoms with van der Waals surface area (Å²) in [6.45, 7) is 2.87. The van der Waals surface area contributed by atoms with Gasteiger partial charge in [0.05, 0.1) is 25.5 Å². The Kier molecular flexibility index (Phi) is 3.10. The van der Waals surface area contributed by atoms with Crippen molar-refractivity contribution in [2.75, 3.05) is 7.11 Å². The molecule has 68 valence electrons. The van der Waals surface area contributed by atoms with Gasteiger partial charge in [-0.1, -0.05) is 6.92 Å². The van der Waals surface area contributed by atoms with Crippen LogP contribution in [-0.4, -0.2) is 22.0 Å². The van der Waals surface area contributed by atoms with E-state index in [1.165, 1.54) is 0 Å². The van der Waals surface area contributed by atoms with E-state index >= 15 is 0 Å². The van der Waals surface area contributed by atoms with Crippen LogP contribution in [0.4, 0.5) is 0 Å². The van der Waals surface area contributed by atoms with Crippen LogP contribution in [0, 0.1) is 0 Å². The van der Waals surface area contributed by atoms with E-state index in [9.17, 15) is 0 Å². The number of nitrogens with zero attached hydrogens (tertiary/aromatic N) is 2. The predicted octanol–water partition coefficient (Wildman–Crippen LogP) is 0.794. The quantitative estimate of drug-likeness (QED) is 0.726. The average molecular weight is 170 g/mol. The van der Waals surface area contributed by atoms with Crippen LogP contribution in [0.25, 0.3) is 0 Å². The first kappa shape index (κ1) is 9.06. The molecule has 0 aliphatic heterocycles. The summed E-state index contributed by atoms with van der Waals surface area (Å²) in [6, 6.07) is 0. The van der Waals surface area contributed by atoms with Gasteiger partial charge in [-0.2, -0.15) is 5.10 Å². The summed E-state index contributed by atoms with van der Waals surface area (Å²) in [7, 11) is 1.59. The fourth-order valence-corrected chi connectivity index (χ4v) is 1.13. The van der Waals surface area contributed by atoms with Gasteiger partial charge >= 0.3 is 0 Å². The molecular weight excluding hydrogens is 156 g/mol. The molecule has 1 aromatic heterocycles. The Morgan fingerprint density at radius 3 is 2.92 bits per heavy atom. The molecule has 0 amide bonds. The number of rotatable bonds is 4. The maximum absolute atomic E-state index is 8.90. The first-order valence-electron chi connectivity index (χ1n) is 4.03. The smallest absolute Gasteiger partial charge is 0.217 e. The molecule has 0 saturated heterocycles. The SMILES string of the molecule is CCCn1ncc(CO)c1OC. The van der Waals surface area contributed by atoms with Crippen molar-refractivity contribution in [1.29, 1.82) is 0 Å². The van der Waals surface area contributed by atoms with Crippen molar-refractivity contribution in [2.24, 2.45) is 0 Å². The lowest BCUT2D eigenvalue weighted by atomic mass is 10.4. The number of aryl methyl sites for hydroxylation is 1. The van der Waals surface area contributed by atoms with E-state index in [-0.39, 0.29) is 6.61 Å². The summed E-state index contributed by atoms with van der Waals surface area (Å²) in [4.78, 5) is 0. The van der Waals surface area contributed by atoms with Crippen molar-refractivity contribution in [2.45, 2.75) is 26.5 Å². The molecule has 1 rings (SSSR count). The van der Waals surface area contributed by atoms with E-state index in [4.69, 9.17) is 9.84 Å². The fourth-order valence-electron chi connectivity index (χ4n) is 1.13. The van der Waals surface area contributed by atoms with Gasteiger partial charge in [0.25, 0.3) is 0 Å². The summed E-state index contributed by atoms with van der Waals surface area (Å²) in [5.74, 6) is 0.666. The standard InChI is InChI=1S/C8H14N2O2/c1-3-4-10-8(12-2)7(6-11)5-9-10/h5,11H,3-4,6H2,1-2H3. The molecule has 4 nitrogen and oxygen atoms in total. The van der Waals surface area contributed by atoms with Crippen LogP contribution in [0.5, 0.6) is 5.88 Å². The maximum Gasteiger partial charge on any atom is 0.217 e. The number of aliphatic hydroxyl groups is 1. The molecule has 0 bridgehead atoms. The Hall–Kier alpha value is -1.03. The zero-order valence-corrected chi connectivity index (χ0v) is 7.45. The van der Waals surface area contributed by atoms with Crippen LogP contribution >= 0.6 is 0 Å². The van der Waals surface area contributed by atoms with E-state index in [1.54, 1.807) is 18.0 Å². The van der Waals surface area contributed by atoms with Crippen LogP contribution < -0.4 is 4.74 Å². The molecule has 1 aromatic rings. The highest BCUT2D eigenvalue weighted by Crippen LogP contribution is 2.17. The Labute approximate surface area is 71.8 Å². The average Bonchev–Trinajstić information content (AvgIpc) is 2.47. The molecule has 4 heteroatoms. The highest BCUT2D eigenvalue weighted by atomic mass is 16.5. The van der Waals surface area contributed by atoms with Crippen molar-refractivity contribution >= 4 is 0 Å². The lowest BCUT2D eigenvalue weighted by Crippen LogP contribution is -2.02. The van der Waals surface area contributed by atoms with E-state index in [2.05, 4.69) is 12.0 Å². The summed E-state index contributed by atoms with van der Waals surface area (Å²) < 4.78 is 6.86. The normalized spacial score (nSPS) is 10.2. The van der Waals surface area contributed by atoms with E-state index in [1.807, 2.05) is 0 Å². The van der Waals surface area contributed by atoms with Gasteiger partial charge in [0.2, 0.25) is 5.88 Å². The molecule has 12 heavy (non-hydrogen) atoms. The maximum atomic E-state index is 8.90. The Bertz CT molecular complexity index is 245. The minimum absolute atomic E-state index is 0.0209. The third kappa shape index (κ3) is 1.58. The monoisotopic (exact) mass is 170 g/mol. The van der Waals surface area contributed by atoms with Gasteiger partial charge in [-0.05, 0) is 6.42 Å². The number of hydrogen-bond donors (Lipinski definition) is 1. The molecule has 0 unspecified atom stereocenters. The van der Waals surface area contributed by atoms with Crippen molar-refractivity contribution in [3.8, 4) is 5.88 Å². The van der Waals surface area contributed by atoms with Crippen LogP contribution in [0.2, 0.25) is 0 Å². The second-order valence-corrected chi connectivity index (χ2v) is 2.56. The van der Waals surface area contributed by atoms with Gasteiger partial charge in [-0.25, -0.2) is 4.68 Å². The van der Waals surface area contributed by atoms with Gasteiger partial charge in [0.15, 0.2) is 0 Å². The fraction of sp³-hybridized carbons (Fsp3) is 0.625. The highest BCUT2D eigenvalue weighted by Gasteiger charge is 2.08. The van der Waals surface area contributed by atoms with E-state index < -0.39 is 0 Å². The minimum atomic E-state index is -0.0209. The Morgan fingerprint density at radius 2 is 2.42 bits per heavy atom. The number of ether oxygens (including phenoxy) is 1.